The Hall–Kier alpha value is -4.14. The number of hydrogen-bond donors (Lipinski definition) is 3. The molecular formula is C26H28N4O5. The predicted octanol–water partition coefficient (Wildman–Crippen LogP) is 3.86. The van der Waals surface area contributed by atoms with E-state index in [1.165, 1.54) is 17.1 Å². The summed E-state index contributed by atoms with van der Waals surface area (Å²) in [5.41, 5.74) is 4.95. The molecular weight excluding hydrogens is 448 g/mol. The molecule has 0 radical (unpaired) electrons. The third kappa shape index (κ3) is 5.68. The van der Waals surface area contributed by atoms with Crippen LogP contribution in [-0.4, -0.2) is 45.5 Å². The number of carboxylic acid groups (broad SMARTS) is 1. The zero-order chi connectivity index (χ0) is 24.9. The van der Waals surface area contributed by atoms with E-state index in [-0.39, 0.29) is 37.3 Å². The average Bonchev–Trinajstić information content (AvgIpc) is 3.38. The second-order valence-corrected chi connectivity index (χ2v) is 8.89. The van der Waals surface area contributed by atoms with Crippen LogP contribution in [-0.2, 0) is 20.9 Å². The standard InChI is InChI=1S/C26H28N4O5/c1-16(2)23(11-24(31)28-17-12-27-30(13-17)14-25(32)33)29-26(34)35-15-22-20-9-5-3-7-18(20)19-8-4-6-10-21(19)22/h3-10,12-13,16,22-23H,11,14-15H2,1-2H3,(H,28,31)(H,29,34)(H,32,33)/t23-/m1/s1. The molecule has 0 bridgehead atoms. The Bertz CT molecular complexity index is 1190. The third-order valence-corrected chi connectivity index (χ3v) is 6.07. The SMILES string of the molecule is CC(C)[C@@H](CC(=O)Nc1cnn(CC(=O)O)c1)NC(=O)OCC1c2ccccc2-c2ccccc21. The number of hydrogen-bond acceptors (Lipinski definition) is 5. The number of nitrogens with one attached hydrogen (secondary N) is 2. The molecule has 2 aromatic carbocycles. The largest absolute Gasteiger partial charge is 0.480 e. The molecule has 0 saturated carbocycles. The first-order chi connectivity index (χ1) is 16.8. The number of alkyl carbamates (subject to hydrolysis) is 1. The highest BCUT2D eigenvalue weighted by molar-refractivity contribution is 5.91. The minimum Gasteiger partial charge on any atom is -0.480 e. The number of nitrogens with zero attached hydrogens (tertiary/aromatic N) is 2. The smallest absolute Gasteiger partial charge is 0.407 e. The van der Waals surface area contributed by atoms with Crippen LogP contribution in [0.25, 0.3) is 11.1 Å². The van der Waals surface area contributed by atoms with E-state index in [4.69, 9.17) is 9.84 Å². The van der Waals surface area contributed by atoms with Gasteiger partial charge in [0, 0.05) is 24.6 Å². The van der Waals surface area contributed by atoms with Crippen LogP contribution >= 0.6 is 0 Å². The van der Waals surface area contributed by atoms with Crippen LogP contribution in [0.4, 0.5) is 10.5 Å². The molecule has 9 nitrogen and oxygen atoms in total. The molecule has 4 rings (SSSR count). The van der Waals surface area contributed by atoms with E-state index in [0.29, 0.717) is 5.69 Å². The number of anilines is 1. The monoisotopic (exact) mass is 476 g/mol. The minimum absolute atomic E-state index is 0.0176. The summed E-state index contributed by atoms with van der Waals surface area (Å²) in [5.74, 6) is -1.41. The van der Waals surface area contributed by atoms with Gasteiger partial charge < -0.3 is 20.5 Å². The molecule has 182 valence electrons. The van der Waals surface area contributed by atoms with Crippen molar-refractivity contribution in [2.24, 2.45) is 5.92 Å². The van der Waals surface area contributed by atoms with Crippen LogP contribution in [0.1, 0.15) is 37.3 Å². The van der Waals surface area contributed by atoms with E-state index in [2.05, 4.69) is 40.0 Å². The van der Waals surface area contributed by atoms with Crippen molar-refractivity contribution in [3.63, 3.8) is 0 Å². The van der Waals surface area contributed by atoms with Gasteiger partial charge in [-0.1, -0.05) is 62.4 Å². The maximum Gasteiger partial charge on any atom is 0.407 e. The number of rotatable bonds is 9. The van der Waals surface area contributed by atoms with Crippen LogP contribution < -0.4 is 10.6 Å². The Labute approximate surface area is 203 Å². The minimum atomic E-state index is -1.03. The quantitative estimate of drug-likeness (QED) is 0.431. The molecule has 0 fully saturated rings. The maximum atomic E-state index is 12.7. The van der Waals surface area contributed by atoms with Gasteiger partial charge in [-0.25, -0.2) is 4.79 Å². The molecule has 2 amide bonds. The van der Waals surface area contributed by atoms with Crippen molar-refractivity contribution >= 4 is 23.7 Å². The molecule has 1 aliphatic rings. The Balaban J connectivity index is 1.33. The fraction of sp³-hybridized carbons (Fsp3) is 0.308. The van der Waals surface area contributed by atoms with E-state index in [1.807, 2.05) is 38.1 Å². The molecule has 9 heteroatoms. The van der Waals surface area contributed by atoms with Gasteiger partial charge in [-0.15, -0.1) is 0 Å². The Morgan fingerprint density at radius 3 is 2.29 bits per heavy atom. The van der Waals surface area contributed by atoms with Crippen molar-refractivity contribution in [3.05, 3.63) is 72.1 Å². The molecule has 0 aliphatic heterocycles. The lowest BCUT2D eigenvalue weighted by Crippen LogP contribution is -2.41. The number of benzene rings is 2. The van der Waals surface area contributed by atoms with Gasteiger partial charge in [-0.3, -0.25) is 14.3 Å². The topological polar surface area (TPSA) is 123 Å². The first kappa shape index (κ1) is 24.0. The Morgan fingerprint density at radius 1 is 1.06 bits per heavy atom. The van der Waals surface area contributed by atoms with Gasteiger partial charge in [0.15, 0.2) is 0 Å². The molecule has 0 spiro atoms. The van der Waals surface area contributed by atoms with Crippen LogP contribution in [0.15, 0.2) is 60.9 Å². The van der Waals surface area contributed by atoms with Crippen molar-refractivity contribution in [2.75, 3.05) is 11.9 Å². The lowest BCUT2D eigenvalue weighted by molar-refractivity contribution is -0.137. The van der Waals surface area contributed by atoms with E-state index in [0.717, 1.165) is 22.3 Å². The van der Waals surface area contributed by atoms with Crippen molar-refractivity contribution in [1.29, 1.82) is 0 Å². The van der Waals surface area contributed by atoms with Gasteiger partial charge in [0.1, 0.15) is 13.2 Å². The Morgan fingerprint density at radius 2 is 1.69 bits per heavy atom. The highest BCUT2D eigenvalue weighted by Gasteiger charge is 2.29. The summed E-state index contributed by atoms with van der Waals surface area (Å²) in [5, 5.41) is 18.2. The first-order valence-corrected chi connectivity index (χ1v) is 11.5. The summed E-state index contributed by atoms with van der Waals surface area (Å²) in [6, 6.07) is 15.8. The van der Waals surface area contributed by atoms with E-state index in [1.54, 1.807) is 0 Å². The van der Waals surface area contributed by atoms with Crippen molar-refractivity contribution in [2.45, 2.75) is 38.8 Å². The third-order valence-electron chi connectivity index (χ3n) is 6.07. The number of carboxylic acids is 1. The first-order valence-electron chi connectivity index (χ1n) is 11.5. The molecule has 1 heterocycles. The van der Waals surface area contributed by atoms with E-state index >= 15 is 0 Å². The fourth-order valence-corrected chi connectivity index (χ4v) is 4.31. The zero-order valence-electron chi connectivity index (χ0n) is 19.6. The molecule has 1 atom stereocenters. The number of ether oxygens (including phenoxy) is 1. The molecule has 0 unspecified atom stereocenters. The van der Waals surface area contributed by atoms with Gasteiger partial charge in [-0.05, 0) is 28.2 Å². The summed E-state index contributed by atoms with van der Waals surface area (Å²) in [7, 11) is 0. The highest BCUT2D eigenvalue weighted by atomic mass is 16.5. The average molecular weight is 477 g/mol. The van der Waals surface area contributed by atoms with Crippen molar-refractivity contribution in [3.8, 4) is 11.1 Å². The molecule has 3 aromatic rings. The number of fused-ring (bicyclic) bond motifs is 3. The van der Waals surface area contributed by atoms with Crippen molar-refractivity contribution in [1.82, 2.24) is 15.1 Å². The number of carbonyl (C=O) groups excluding carboxylic acids is 2. The number of carbonyl (C=O) groups is 3. The van der Waals surface area contributed by atoms with Gasteiger partial charge in [0.05, 0.1) is 11.9 Å². The van der Waals surface area contributed by atoms with E-state index in [9.17, 15) is 14.4 Å². The summed E-state index contributed by atoms with van der Waals surface area (Å²) in [6.07, 6.45) is 2.28. The normalized spacial score (nSPS) is 13.1. The van der Waals surface area contributed by atoms with Crippen LogP contribution in [0.2, 0.25) is 0 Å². The van der Waals surface area contributed by atoms with E-state index < -0.39 is 18.1 Å². The number of aliphatic carboxylic acids is 1. The van der Waals surface area contributed by atoms with Crippen LogP contribution in [0.5, 0.6) is 0 Å². The lowest BCUT2D eigenvalue weighted by atomic mass is 9.98. The molecule has 1 aliphatic carbocycles. The van der Waals surface area contributed by atoms with Gasteiger partial charge in [0.25, 0.3) is 0 Å². The second kappa shape index (κ2) is 10.4. The molecule has 0 saturated heterocycles. The highest BCUT2D eigenvalue weighted by Crippen LogP contribution is 2.44. The number of amides is 2. The lowest BCUT2D eigenvalue weighted by Gasteiger charge is -2.22. The summed E-state index contributed by atoms with van der Waals surface area (Å²) >= 11 is 0. The molecule has 35 heavy (non-hydrogen) atoms. The molecule has 3 N–H and O–H groups in total. The summed E-state index contributed by atoms with van der Waals surface area (Å²) in [4.78, 5) is 36.0. The van der Waals surface area contributed by atoms with Crippen LogP contribution in [0.3, 0.4) is 0 Å². The van der Waals surface area contributed by atoms with Crippen molar-refractivity contribution < 1.29 is 24.2 Å². The van der Waals surface area contributed by atoms with Gasteiger partial charge in [-0.2, -0.15) is 5.10 Å². The molecule has 1 aromatic heterocycles. The summed E-state index contributed by atoms with van der Waals surface area (Å²) < 4.78 is 6.82. The summed E-state index contributed by atoms with van der Waals surface area (Å²) in [6.45, 7) is 3.71. The second-order valence-electron chi connectivity index (χ2n) is 8.89. The predicted molar refractivity (Wildman–Crippen MR) is 130 cm³/mol. The fourth-order valence-electron chi connectivity index (χ4n) is 4.31. The number of aromatic nitrogens is 2. The maximum absolute atomic E-state index is 12.7. The van der Waals surface area contributed by atoms with Gasteiger partial charge >= 0.3 is 12.1 Å². The Kier molecular flexibility index (Phi) is 7.14. The van der Waals surface area contributed by atoms with Gasteiger partial charge in [0.2, 0.25) is 5.91 Å². The van der Waals surface area contributed by atoms with Crippen LogP contribution in [0, 0.1) is 5.92 Å². The zero-order valence-corrected chi connectivity index (χ0v) is 19.6.